The molecule has 20 heavy (non-hydrogen) atoms. The highest BCUT2D eigenvalue weighted by Crippen LogP contribution is 2.28. The topological polar surface area (TPSA) is 38.5 Å². The third-order valence-corrected chi connectivity index (χ3v) is 4.47. The molecule has 1 saturated heterocycles. The van der Waals surface area contributed by atoms with Crippen LogP contribution in [0.15, 0.2) is 24.3 Å². The number of hydrogen-bond acceptors (Lipinski definition) is 3. The number of halogens is 1. The number of benzene rings is 1. The Balaban J connectivity index is 2.11. The fourth-order valence-corrected chi connectivity index (χ4v) is 3.08. The third-order valence-electron chi connectivity index (χ3n) is 4.47. The number of likely N-dealkylation sites (N-methyl/N-ethyl adjacent to an activating group) is 1. The van der Waals surface area contributed by atoms with Gasteiger partial charge >= 0.3 is 0 Å². The van der Waals surface area contributed by atoms with Crippen molar-refractivity contribution < 1.29 is 9.13 Å². The second kappa shape index (κ2) is 7.16. The number of nitrogens with zero attached hydrogens (tertiary/aromatic N) is 1. The maximum atomic E-state index is 13.9. The first-order chi connectivity index (χ1) is 9.65. The second-order valence-corrected chi connectivity index (χ2v) is 5.64. The van der Waals surface area contributed by atoms with Gasteiger partial charge in [-0.3, -0.25) is 4.90 Å². The van der Waals surface area contributed by atoms with E-state index in [-0.39, 0.29) is 17.9 Å². The summed E-state index contributed by atoms with van der Waals surface area (Å²) in [5.74, 6) is 0.287. The van der Waals surface area contributed by atoms with Gasteiger partial charge in [-0.15, -0.1) is 0 Å². The Morgan fingerprint density at radius 1 is 1.45 bits per heavy atom. The SMILES string of the molecule is CC(c1ccccc1F)N(C)C(CN)C1CCCOC1. The minimum Gasteiger partial charge on any atom is -0.381 e. The van der Waals surface area contributed by atoms with Crippen LogP contribution in [0.2, 0.25) is 0 Å². The lowest BCUT2D eigenvalue weighted by molar-refractivity contribution is 0.00852. The van der Waals surface area contributed by atoms with E-state index in [1.807, 2.05) is 26.1 Å². The molecule has 1 aromatic carbocycles. The zero-order valence-corrected chi connectivity index (χ0v) is 12.4. The van der Waals surface area contributed by atoms with Crippen LogP contribution in [0.5, 0.6) is 0 Å². The van der Waals surface area contributed by atoms with Crippen LogP contribution >= 0.6 is 0 Å². The van der Waals surface area contributed by atoms with Gasteiger partial charge in [-0.2, -0.15) is 0 Å². The summed E-state index contributed by atoms with van der Waals surface area (Å²) < 4.78 is 19.5. The van der Waals surface area contributed by atoms with Crippen molar-refractivity contribution in [2.45, 2.75) is 31.8 Å². The normalized spacial score (nSPS) is 22.8. The van der Waals surface area contributed by atoms with Crippen molar-refractivity contribution in [3.05, 3.63) is 35.6 Å². The molecule has 1 heterocycles. The Bertz CT molecular complexity index is 421. The maximum Gasteiger partial charge on any atom is 0.127 e. The van der Waals surface area contributed by atoms with Crippen LogP contribution in [0.1, 0.15) is 31.4 Å². The second-order valence-electron chi connectivity index (χ2n) is 5.64. The van der Waals surface area contributed by atoms with Crippen molar-refractivity contribution in [1.29, 1.82) is 0 Å². The van der Waals surface area contributed by atoms with Gasteiger partial charge in [0.25, 0.3) is 0 Å². The summed E-state index contributed by atoms with van der Waals surface area (Å²) in [5, 5.41) is 0. The Morgan fingerprint density at radius 3 is 2.80 bits per heavy atom. The molecule has 2 N–H and O–H groups in total. The van der Waals surface area contributed by atoms with Crippen molar-refractivity contribution in [2.24, 2.45) is 11.7 Å². The number of rotatable bonds is 5. The smallest absolute Gasteiger partial charge is 0.127 e. The van der Waals surface area contributed by atoms with Crippen LogP contribution in [-0.2, 0) is 4.74 Å². The van der Waals surface area contributed by atoms with E-state index in [1.165, 1.54) is 6.07 Å². The molecule has 2 rings (SSSR count). The van der Waals surface area contributed by atoms with Crippen molar-refractivity contribution >= 4 is 0 Å². The molecule has 1 aliphatic heterocycles. The minimum absolute atomic E-state index is 0.00618. The molecule has 0 spiro atoms. The predicted molar refractivity (Wildman–Crippen MR) is 79.0 cm³/mol. The first kappa shape index (κ1) is 15.4. The van der Waals surface area contributed by atoms with E-state index in [9.17, 15) is 4.39 Å². The molecule has 1 aromatic rings. The van der Waals surface area contributed by atoms with E-state index in [0.717, 1.165) is 31.6 Å². The van der Waals surface area contributed by atoms with Crippen molar-refractivity contribution in [2.75, 3.05) is 26.8 Å². The quantitative estimate of drug-likeness (QED) is 0.901. The van der Waals surface area contributed by atoms with Crippen LogP contribution in [0, 0.1) is 11.7 Å². The van der Waals surface area contributed by atoms with Gasteiger partial charge in [0.15, 0.2) is 0 Å². The van der Waals surface area contributed by atoms with Crippen LogP contribution in [0.25, 0.3) is 0 Å². The summed E-state index contributed by atoms with van der Waals surface area (Å²) >= 11 is 0. The van der Waals surface area contributed by atoms with Crippen molar-refractivity contribution in [1.82, 2.24) is 4.90 Å². The summed E-state index contributed by atoms with van der Waals surface area (Å²) in [5.41, 5.74) is 6.69. The third kappa shape index (κ3) is 3.37. The van der Waals surface area contributed by atoms with Crippen LogP contribution < -0.4 is 5.73 Å². The van der Waals surface area contributed by atoms with Gasteiger partial charge in [0.2, 0.25) is 0 Å². The van der Waals surface area contributed by atoms with Crippen LogP contribution in [-0.4, -0.2) is 37.7 Å². The fraction of sp³-hybridized carbons (Fsp3) is 0.625. The molecule has 0 aliphatic carbocycles. The lowest BCUT2D eigenvalue weighted by atomic mass is 9.91. The zero-order valence-electron chi connectivity index (χ0n) is 12.4. The Morgan fingerprint density at radius 2 is 2.20 bits per heavy atom. The van der Waals surface area contributed by atoms with Gasteiger partial charge in [0.1, 0.15) is 5.82 Å². The van der Waals surface area contributed by atoms with E-state index >= 15 is 0 Å². The molecule has 4 heteroatoms. The molecule has 0 bridgehead atoms. The lowest BCUT2D eigenvalue weighted by Crippen LogP contribution is -2.47. The molecule has 0 aromatic heterocycles. The monoisotopic (exact) mass is 280 g/mol. The molecule has 0 radical (unpaired) electrons. The first-order valence-electron chi connectivity index (χ1n) is 7.39. The molecule has 3 atom stereocenters. The highest BCUT2D eigenvalue weighted by atomic mass is 19.1. The maximum absolute atomic E-state index is 13.9. The highest BCUT2D eigenvalue weighted by molar-refractivity contribution is 5.20. The average molecular weight is 280 g/mol. The molecular formula is C16H25FN2O. The molecular weight excluding hydrogens is 255 g/mol. The Hall–Kier alpha value is -0.970. The summed E-state index contributed by atoms with van der Waals surface area (Å²) in [6.07, 6.45) is 2.22. The van der Waals surface area contributed by atoms with Crippen LogP contribution in [0.4, 0.5) is 4.39 Å². The summed E-state index contributed by atoms with van der Waals surface area (Å²) in [7, 11) is 2.03. The molecule has 3 unspecified atom stereocenters. The van der Waals surface area contributed by atoms with Gasteiger partial charge in [-0.25, -0.2) is 4.39 Å². The van der Waals surface area contributed by atoms with Gasteiger partial charge in [0.05, 0.1) is 6.61 Å². The standard InChI is InChI=1S/C16H25FN2O/c1-12(14-7-3-4-8-15(14)17)19(2)16(10-18)13-6-5-9-20-11-13/h3-4,7-8,12-13,16H,5-6,9-11,18H2,1-2H3. The summed E-state index contributed by atoms with van der Waals surface area (Å²) in [6, 6.07) is 7.20. The number of nitrogens with two attached hydrogens (primary N) is 1. The molecule has 112 valence electrons. The van der Waals surface area contributed by atoms with Gasteiger partial charge in [-0.05, 0) is 38.8 Å². The number of hydrogen-bond donors (Lipinski definition) is 1. The van der Waals surface area contributed by atoms with Crippen molar-refractivity contribution in [3.63, 3.8) is 0 Å². The van der Waals surface area contributed by atoms with Gasteiger partial charge < -0.3 is 10.5 Å². The summed E-state index contributed by atoms with van der Waals surface area (Å²) in [6.45, 7) is 4.21. The van der Waals surface area contributed by atoms with Crippen molar-refractivity contribution in [3.8, 4) is 0 Å². The van der Waals surface area contributed by atoms with Gasteiger partial charge in [0, 0.05) is 30.8 Å². The lowest BCUT2D eigenvalue weighted by Gasteiger charge is -2.39. The summed E-state index contributed by atoms with van der Waals surface area (Å²) in [4.78, 5) is 2.19. The Kier molecular flexibility index (Phi) is 5.52. The molecule has 1 aliphatic rings. The molecule has 0 saturated carbocycles. The minimum atomic E-state index is -0.150. The fourth-order valence-electron chi connectivity index (χ4n) is 3.08. The predicted octanol–water partition coefficient (Wildman–Crippen LogP) is 2.57. The van der Waals surface area contributed by atoms with E-state index < -0.39 is 0 Å². The molecule has 1 fully saturated rings. The first-order valence-corrected chi connectivity index (χ1v) is 7.39. The van der Waals surface area contributed by atoms with Gasteiger partial charge in [-0.1, -0.05) is 18.2 Å². The zero-order chi connectivity index (χ0) is 14.5. The number of ether oxygens (including phenoxy) is 1. The molecule has 0 amide bonds. The Labute approximate surface area is 120 Å². The largest absolute Gasteiger partial charge is 0.381 e. The highest BCUT2D eigenvalue weighted by Gasteiger charge is 2.29. The van der Waals surface area contributed by atoms with E-state index in [1.54, 1.807) is 6.07 Å². The van der Waals surface area contributed by atoms with E-state index in [4.69, 9.17) is 10.5 Å². The van der Waals surface area contributed by atoms with E-state index in [0.29, 0.717) is 12.5 Å². The molecule has 3 nitrogen and oxygen atoms in total. The van der Waals surface area contributed by atoms with Crippen LogP contribution in [0.3, 0.4) is 0 Å². The van der Waals surface area contributed by atoms with E-state index in [2.05, 4.69) is 4.90 Å². The average Bonchev–Trinajstić information content (AvgIpc) is 2.49.